The molecule has 0 aliphatic carbocycles. The fraction of sp³-hybridized carbons (Fsp3) is 0.538. The SMILES string of the molecule is COC(C(C)C)C(O)c1ccc(F)c(C)c1. The second-order valence-electron chi connectivity index (χ2n) is 4.40. The minimum absolute atomic E-state index is 0.199. The van der Waals surface area contributed by atoms with Crippen LogP contribution in [0.5, 0.6) is 0 Å². The molecule has 2 atom stereocenters. The Hall–Kier alpha value is -0.930. The van der Waals surface area contributed by atoms with Gasteiger partial charge in [0.2, 0.25) is 0 Å². The average molecular weight is 226 g/mol. The van der Waals surface area contributed by atoms with Crippen molar-refractivity contribution in [2.45, 2.75) is 33.0 Å². The van der Waals surface area contributed by atoms with Crippen molar-refractivity contribution in [2.75, 3.05) is 7.11 Å². The quantitative estimate of drug-likeness (QED) is 0.855. The average Bonchev–Trinajstić information content (AvgIpc) is 2.22. The Morgan fingerprint density at radius 2 is 1.94 bits per heavy atom. The summed E-state index contributed by atoms with van der Waals surface area (Å²) in [7, 11) is 1.57. The van der Waals surface area contributed by atoms with Gasteiger partial charge in [0.15, 0.2) is 0 Å². The number of aliphatic hydroxyl groups is 1. The van der Waals surface area contributed by atoms with Crippen molar-refractivity contribution in [3.63, 3.8) is 0 Å². The van der Waals surface area contributed by atoms with Crippen LogP contribution in [-0.2, 0) is 4.74 Å². The van der Waals surface area contributed by atoms with E-state index in [9.17, 15) is 9.50 Å². The van der Waals surface area contributed by atoms with Crippen LogP contribution in [0.2, 0.25) is 0 Å². The number of benzene rings is 1. The molecular formula is C13H19FO2. The van der Waals surface area contributed by atoms with Crippen LogP contribution < -0.4 is 0 Å². The van der Waals surface area contributed by atoms with Crippen LogP contribution in [0, 0.1) is 18.7 Å². The van der Waals surface area contributed by atoms with Gasteiger partial charge in [-0.25, -0.2) is 4.39 Å². The molecule has 2 nitrogen and oxygen atoms in total. The van der Waals surface area contributed by atoms with Crippen LogP contribution in [0.15, 0.2) is 18.2 Å². The Kier molecular flexibility index (Phi) is 4.44. The molecular weight excluding hydrogens is 207 g/mol. The van der Waals surface area contributed by atoms with Crippen LogP contribution in [0.3, 0.4) is 0 Å². The van der Waals surface area contributed by atoms with Crippen LogP contribution in [0.4, 0.5) is 4.39 Å². The van der Waals surface area contributed by atoms with Gasteiger partial charge in [-0.3, -0.25) is 0 Å². The molecule has 90 valence electrons. The molecule has 0 saturated carbocycles. The summed E-state index contributed by atoms with van der Waals surface area (Å²) < 4.78 is 18.3. The first-order valence-corrected chi connectivity index (χ1v) is 5.44. The molecule has 1 N–H and O–H groups in total. The zero-order valence-corrected chi connectivity index (χ0v) is 10.2. The van der Waals surface area contributed by atoms with Crippen molar-refractivity contribution in [3.05, 3.63) is 35.1 Å². The topological polar surface area (TPSA) is 29.5 Å². The number of aryl methyl sites for hydroxylation is 1. The highest BCUT2D eigenvalue weighted by atomic mass is 19.1. The summed E-state index contributed by atoms with van der Waals surface area (Å²) in [6.45, 7) is 5.64. The highest BCUT2D eigenvalue weighted by molar-refractivity contribution is 5.26. The molecule has 0 aliphatic heterocycles. The maximum atomic E-state index is 13.1. The molecule has 3 heteroatoms. The molecule has 0 bridgehead atoms. The lowest BCUT2D eigenvalue weighted by atomic mass is 9.95. The predicted octanol–water partition coefficient (Wildman–Crippen LogP) is 2.84. The third kappa shape index (κ3) is 2.80. The first kappa shape index (κ1) is 13.1. The molecule has 0 aromatic heterocycles. The second kappa shape index (κ2) is 5.41. The monoisotopic (exact) mass is 226 g/mol. The summed E-state index contributed by atoms with van der Waals surface area (Å²) in [5.74, 6) is -0.0557. The van der Waals surface area contributed by atoms with E-state index >= 15 is 0 Å². The Bertz CT molecular complexity index is 350. The summed E-state index contributed by atoms with van der Waals surface area (Å²) in [6, 6.07) is 4.64. The van der Waals surface area contributed by atoms with E-state index in [2.05, 4.69) is 0 Å². The number of halogens is 1. The molecule has 0 saturated heterocycles. The van der Waals surface area contributed by atoms with Gasteiger partial charge in [0.25, 0.3) is 0 Å². The maximum Gasteiger partial charge on any atom is 0.126 e. The smallest absolute Gasteiger partial charge is 0.126 e. The van der Waals surface area contributed by atoms with E-state index in [1.165, 1.54) is 6.07 Å². The largest absolute Gasteiger partial charge is 0.386 e. The van der Waals surface area contributed by atoms with Gasteiger partial charge in [0.05, 0.1) is 6.10 Å². The van der Waals surface area contributed by atoms with E-state index in [0.29, 0.717) is 11.1 Å². The van der Waals surface area contributed by atoms with Crippen LogP contribution in [0.25, 0.3) is 0 Å². The van der Waals surface area contributed by atoms with Crippen LogP contribution >= 0.6 is 0 Å². The van der Waals surface area contributed by atoms with Gasteiger partial charge in [0.1, 0.15) is 11.9 Å². The lowest BCUT2D eigenvalue weighted by Gasteiger charge is -2.25. The van der Waals surface area contributed by atoms with Crippen molar-refractivity contribution in [1.82, 2.24) is 0 Å². The Balaban J connectivity index is 2.94. The molecule has 0 fully saturated rings. The van der Waals surface area contributed by atoms with E-state index in [4.69, 9.17) is 4.74 Å². The standard InChI is InChI=1S/C13H19FO2/c1-8(2)13(16-4)12(15)10-5-6-11(14)9(3)7-10/h5-8,12-13,15H,1-4H3. The summed E-state index contributed by atoms with van der Waals surface area (Å²) in [5.41, 5.74) is 1.23. The second-order valence-corrected chi connectivity index (χ2v) is 4.40. The van der Waals surface area contributed by atoms with Gasteiger partial charge in [-0.2, -0.15) is 0 Å². The van der Waals surface area contributed by atoms with Crippen molar-refractivity contribution in [2.24, 2.45) is 5.92 Å². The third-order valence-electron chi connectivity index (χ3n) is 2.76. The van der Waals surface area contributed by atoms with Gasteiger partial charge >= 0.3 is 0 Å². The molecule has 0 amide bonds. The minimum atomic E-state index is -0.718. The van der Waals surface area contributed by atoms with Crippen molar-refractivity contribution < 1.29 is 14.2 Å². The summed E-state index contributed by atoms with van der Waals surface area (Å²) in [4.78, 5) is 0. The number of rotatable bonds is 4. The lowest BCUT2D eigenvalue weighted by Crippen LogP contribution is -2.26. The first-order valence-electron chi connectivity index (χ1n) is 5.44. The molecule has 1 rings (SSSR count). The van der Waals surface area contributed by atoms with Crippen LogP contribution in [-0.4, -0.2) is 18.3 Å². The number of methoxy groups -OCH3 is 1. The first-order chi connectivity index (χ1) is 7.47. The highest BCUT2D eigenvalue weighted by Crippen LogP contribution is 2.25. The summed E-state index contributed by atoms with van der Waals surface area (Å²) in [5, 5.41) is 10.1. The number of hydrogen-bond acceptors (Lipinski definition) is 2. The number of aliphatic hydroxyl groups excluding tert-OH is 1. The molecule has 16 heavy (non-hydrogen) atoms. The van der Waals surface area contributed by atoms with Gasteiger partial charge in [-0.1, -0.05) is 26.0 Å². The van der Waals surface area contributed by atoms with Gasteiger partial charge < -0.3 is 9.84 Å². The van der Waals surface area contributed by atoms with Crippen molar-refractivity contribution in [3.8, 4) is 0 Å². The van der Waals surface area contributed by atoms with Gasteiger partial charge in [0, 0.05) is 7.11 Å². The van der Waals surface area contributed by atoms with E-state index in [0.717, 1.165) is 0 Å². The van der Waals surface area contributed by atoms with Crippen molar-refractivity contribution in [1.29, 1.82) is 0 Å². The fourth-order valence-corrected chi connectivity index (χ4v) is 1.81. The zero-order chi connectivity index (χ0) is 12.3. The van der Waals surface area contributed by atoms with Gasteiger partial charge in [-0.15, -0.1) is 0 Å². The normalized spacial score (nSPS) is 15.2. The molecule has 0 aliphatic rings. The molecule has 1 aromatic carbocycles. The van der Waals surface area contributed by atoms with E-state index in [-0.39, 0.29) is 17.8 Å². The minimum Gasteiger partial charge on any atom is -0.386 e. The Morgan fingerprint density at radius 3 is 2.38 bits per heavy atom. The summed E-state index contributed by atoms with van der Waals surface area (Å²) in [6.07, 6.45) is -0.992. The summed E-state index contributed by atoms with van der Waals surface area (Å²) >= 11 is 0. The molecule has 0 spiro atoms. The molecule has 0 radical (unpaired) electrons. The molecule has 0 heterocycles. The van der Waals surface area contributed by atoms with E-state index in [1.54, 1.807) is 26.2 Å². The highest BCUT2D eigenvalue weighted by Gasteiger charge is 2.24. The van der Waals surface area contributed by atoms with Crippen LogP contribution in [0.1, 0.15) is 31.1 Å². The molecule has 2 unspecified atom stereocenters. The zero-order valence-electron chi connectivity index (χ0n) is 10.2. The van der Waals surface area contributed by atoms with E-state index in [1.807, 2.05) is 13.8 Å². The molecule has 1 aromatic rings. The van der Waals surface area contributed by atoms with Gasteiger partial charge in [-0.05, 0) is 30.0 Å². The Labute approximate surface area is 96.1 Å². The maximum absolute atomic E-state index is 13.1. The van der Waals surface area contributed by atoms with Crippen molar-refractivity contribution >= 4 is 0 Å². The predicted molar refractivity (Wildman–Crippen MR) is 61.7 cm³/mol. The Morgan fingerprint density at radius 1 is 1.31 bits per heavy atom. The lowest BCUT2D eigenvalue weighted by molar-refractivity contribution is -0.0391. The fourth-order valence-electron chi connectivity index (χ4n) is 1.81. The number of ether oxygens (including phenoxy) is 1. The third-order valence-corrected chi connectivity index (χ3v) is 2.76. The number of hydrogen-bond donors (Lipinski definition) is 1. The van der Waals surface area contributed by atoms with E-state index < -0.39 is 6.10 Å².